The minimum Gasteiger partial charge on any atom is -0.492 e. The van der Waals surface area contributed by atoms with Gasteiger partial charge < -0.3 is 14.7 Å². The number of aliphatic carboxylic acids is 1. The highest BCUT2D eigenvalue weighted by Gasteiger charge is 2.39. The first-order valence-corrected chi connectivity index (χ1v) is 12.8. The summed E-state index contributed by atoms with van der Waals surface area (Å²) < 4.78 is 6.19. The van der Waals surface area contributed by atoms with Crippen molar-refractivity contribution in [1.82, 2.24) is 15.1 Å². The van der Waals surface area contributed by atoms with Crippen molar-refractivity contribution < 1.29 is 29.0 Å². The Balaban J connectivity index is 1.19. The molecular formula is C26H33N3O6. The lowest BCUT2D eigenvalue weighted by Crippen LogP contribution is -2.52. The molecule has 1 saturated carbocycles. The quantitative estimate of drug-likeness (QED) is 0.571. The number of ether oxygens (including phenoxy) is 1. The van der Waals surface area contributed by atoms with E-state index in [-0.39, 0.29) is 24.2 Å². The second kappa shape index (κ2) is 9.97. The first-order chi connectivity index (χ1) is 16.9. The summed E-state index contributed by atoms with van der Waals surface area (Å²) in [5.74, 6) is -0.618. The Hall–Kier alpha value is -2.94. The predicted molar refractivity (Wildman–Crippen MR) is 126 cm³/mol. The third kappa shape index (κ3) is 5.05. The van der Waals surface area contributed by atoms with Crippen LogP contribution in [0.15, 0.2) is 18.2 Å². The summed E-state index contributed by atoms with van der Waals surface area (Å²) >= 11 is 0. The maximum atomic E-state index is 12.9. The molecule has 2 unspecified atom stereocenters. The van der Waals surface area contributed by atoms with Gasteiger partial charge in [-0.25, -0.2) is 0 Å². The molecule has 3 fully saturated rings. The Labute approximate surface area is 204 Å². The van der Waals surface area contributed by atoms with Crippen molar-refractivity contribution >= 4 is 23.7 Å². The second-order valence-electron chi connectivity index (χ2n) is 10.4. The third-order valence-electron chi connectivity index (χ3n) is 8.07. The van der Waals surface area contributed by atoms with Crippen LogP contribution in [0.1, 0.15) is 67.3 Å². The SMILES string of the molecule is O=C1CCC(N2Cc3cc(OC[C@H]4CCCCN4CC4CC[C@H](C(=O)O)C4)ccc3C2=O)C(=O)N1. The molecule has 2 saturated heterocycles. The molecule has 1 aliphatic carbocycles. The van der Waals surface area contributed by atoms with E-state index in [1.807, 2.05) is 12.1 Å². The van der Waals surface area contributed by atoms with E-state index in [4.69, 9.17) is 4.74 Å². The number of imide groups is 1. The number of carboxylic acid groups (broad SMARTS) is 1. The molecule has 0 spiro atoms. The molecule has 1 aromatic carbocycles. The second-order valence-corrected chi connectivity index (χ2v) is 10.4. The molecule has 188 valence electrons. The number of hydrogen-bond acceptors (Lipinski definition) is 6. The standard InChI is InChI=1S/C26H33N3O6/c30-23-9-8-22(24(31)27-23)29-14-18-12-20(6-7-21(18)25(29)32)35-15-19-3-1-2-10-28(19)13-16-4-5-17(11-16)26(33)34/h6-7,12,16-17,19,22H,1-5,8-11,13-15H2,(H,33,34)(H,27,30,31)/t16?,17-,19+,22?/m0/s1. The van der Waals surface area contributed by atoms with Crippen LogP contribution in [0, 0.1) is 11.8 Å². The van der Waals surface area contributed by atoms with Gasteiger partial charge in [-0.15, -0.1) is 0 Å². The molecule has 0 bridgehead atoms. The van der Waals surface area contributed by atoms with Gasteiger partial charge >= 0.3 is 5.97 Å². The largest absolute Gasteiger partial charge is 0.492 e. The van der Waals surface area contributed by atoms with Gasteiger partial charge in [-0.3, -0.25) is 29.4 Å². The van der Waals surface area contributed by atoms with Crippen LogP contribution >= 0.6 is 0 Å². The number of amides is 3. The number of carbonyl (C=O) groups excluding carboxylic acids is 3. The third-order valence-corrected chi connectivity index (χ3v) is 8.07. The molecule has 2 N–H and O–H groups in total. The number of likely N-dealkylation sites (tertiary alicyclic amines) is 1. The van der Waals surface area contributed by atoms with Crippen molar-refractivity contribution in [1.29, 1.82) is 0 Å². The highest BCUT2D eigenvalue weighted by Crippen LogP contribution is 2.34. The molecule has 3 heterocycles. The van der Waals surface area contributed by atoms with Crippen LogP contribution < -0.4 is 10.1 Å². The van der Waals surface area contributed by atoms with Crippen molar-refractivity contribution in [2.75, 3.05) is 19.7 Å². The van der Waals surface area contributed by atoms with E-state index in [1.54, 1.807) is 11.0 Å². The van der Waals surface area contributed by atoms with Gasteiger partial charge in [-0.1, -0.05) is 6.42 Å². The number of nitrogens with zero attached hydrogens (tertiary/aromatic N) is 2. The van der Waals surface area contributed by atoms with Gasteiger partial charge in [0.05, 0.1) is 5.92 Å². The Kier molecular flexibility index (Phi) is 6.77. The van der Waals surface area contributed by atoms with Crippen molar-refractivity contribution in [3.63, 3.8) is 0 Å². The lowest BCUT2D eigenvalue weighted by molar-refractivity contribution is -0.141. The van der Waals surface area contributed by atoms with Gasteiger partial charge in [-0.2, -0.15) is 0 Å². The van der Waals surface area contributed by atoms with Crippen LogP contribution in [0.4, 0.5) is 0 Å². The van der Waals surface area contributed by atoms with Crippen LogP contribution in [0.3, 0.4) is 0 Å². The molecule has 1 aromatic rings. The normalized spacial score (nSPS) is 29.3. The number of carbonyl (C=O) groups is 4. The zero-order valence-corrected chi connectivity index (χ0v) is 19.9. The van der Waals surface area contributed by atoms with Gasteiger partial charge in [-0.05, 0) is 74.8 Å². The van der Waals surface area contributed by atoms with Gasteiger partial charge in [0.2, 0.25) is 11.8 Å². The lowest BCUT2D eigenvalue weighted by Gasteiger charge is -2.37. The molecule has 0 aromatic heterocycles. The Morgan fingerprint density at radius 1 is 1.11 bits per heavy atom. The van der Waals surface area contributed by atoms with Crippen LogP contribution in [-0.4, -0.2) is 70.4 Å². The maximum Gasteiger partial charge on any atom is 0.306 e. The van der Waals surface area contributed by atoms with Gasteiger partial charge in [0.15, 0.2) is 0 Å². The number of piperidine rings is 2. The average molecular weight is 484 g/mol. The first-order valence-electron chi connectivity index (χ1n) is 12.8. The molecule has 0 radical (unpaired) electrons. The lowest BCUT2D eigenvalue weighted by atomic mass is 9.98. The molecule has 3 aliphatic heterocycles. The molecule has 3 amide bonds. The number of benzene rings is 1. The number of hydrogen-bond donors (Lipinski definition) is 2. The maximum absolute atomic E-state index is 12.9. The van der Waals surface area contributed by atoms with Crippen LogP contribution in [0.25, 0.3) is 0 Å². The van der Waals surface area contributed by atoms with Crippen LogP contribution in [0.5, 0.6) is 5.75 Å². The van der Waals surface area contributed by atoms with Crippen LogP contribution in [0.2, 0.25) is 0 Å². The summed E-state index contributed by atoms with van der Waals surface area (Å²) in [4.78, 5) is 51.9. The van der Waals surface area contributed by atoms with Crippen molar-refractivity contribution in [3.8, 4) is 5.75 Å². The number of nitrogens with one attached hydrogen (secondary N) is 1. The van der Waals surface area contributed by atoms with E-state index in [2.05, 4.69) is 10.2 Å². The minimum absolute atomic E-state index is 0.185. The van der Waals surface area contributed by atoms with Gasteiger partial charge in [0.25, 0.3) is 5.91 Å². The van der Waals surface area contributed by atoms with Gasteiger partial charge in [0.1, 0.15) is 18.4 Å². The summed E-state index contributed by atoms with van der Waals surface area (Å²) in [7, 11) is 0. The molecule has 9 heteroatoms. The van der Waals surface area contributed by atoms with Crippen molar-refractivity contribution in [2.45, 2.75) is 70.0 Å². The fourth-order valence-electron chi connectivity index (χ4n) is 6.12. The Morgan fingerprint density at radius 3 is 2.74 bits per heavy atom. The van der Waals surface area contributed by atoms with Crippen molar-refractivity contribution in [2.24, 2.45) is 11.8 Å². The van der Waals surface area contributed by atoms with E-state index in [0.717, 1.165) is 57.2 Å². The zero-order chi connectivity index (χ0) is 24.5. The Bertz CT molecular complexity index is 1030. The summed E-state index contributed by atoms with van der Waals surface area (Å²) in [5, 5.41) is 11.6. The van der Waals surface area contributed by atoms with E-state index in [1.165, 1.54) is 0 Å². The van der Waals surface area contributed by atoms with E-state index >= 15 is 0 Å². The highest BCUT2D eigenvalue weighted by atomic mass is 16.5. The number of rotatable bonds is 7. The fraction of sp³-hybridized carbons (Fsp3) is 0.615. The topological polar surface area (TPSA) is 116 Å². The molecule has 5 rings (SSSR count). The molecule has 4 atom stereocenters. The van der Waals surface area contributed by atoms with Gasteiger partial charge in [0, 0.05) is 31.1 Å². The average Bonchev–Trinajstić information content (AvgIpc) is 3.43. The van der Waals surface area contributed by atoms with Crippen molar-refractivity contribution in [3.05, 3.63) is 29.3 Å². The summed E-state index contributed by atoms with van der Waals surface area (Å²) in [6.07, 6.45) is 6.47. The molecular weight excluding hydrogens is 450 g/mol. The van der Waals surface area contributed by atoms with E-state index in [9.17, 15) is 24.3 Å². The number of carboxylic acids is 1. The fourth-order valence-corrected chi connectivity index (χ4v) is 6.12. The molecule has 9 nitrogen and oxygen atoms in total. The smallest absolute Gasteiger partial charge is 0.306 e. The predicted octanol–water partition coefficient (Wildman–Crippen LogP) is 2.18. The Morgan fingerprint density at radius 2 is 1.97 bits per heavy atom. The highest BCUT2D eigenvalue weighted by molar-refractivity contribution is 6.05. The monoisotopic (exact) mass is 483 g/mol. The summed E-state index contributed by atoms with van der Waals surface area (Å²) in [6.45, 7) is 2.83. The minimum atomic E-state index is -0.669. The van der Waals surface area contributed by atoms with E-state index in [0.29, 0.717) is 42.8 Å². The summed E-state index contributed by atoms with van der Waals surface area (Å²) in [5.41, 5.74) is 1.42. The number of fused-ring (bicyclic) bond motifs is 1. The summed E-state index contributed by atoms with van der Waals surface area (Å²) in [6, 6.07) is 5.14. The van der Waals surface area contributed by atoms with Crippen LogP contribution in [-0.2, 0) is 20.9 Å². The van der Waals surface area contributed by atoms with E-state index < -0.39 is 17.9 Å². The molecule has 35 heavy (non-hydrogen) atoms. The zero-order valence-electron chi connectivity index (χ0n) is 19.9. The molecule has 4 aliphatic rings. The first kappa shape index (κ1) is 23.8.